The minimum atomic E-state index is -0.649. The second-order valence-corrected chi connectivity index (χ2v) is 8.67. The van der Waals surface area contributed by atoms with E-state index in [9.17, 15) is 14.4 Å². The van der Waals surface area contributed by atoms with E-state index < -0.39 is 17.2 Å². The lowest BCUT2D eigenvalue weighted by Gasteiger charge is -2.18. The van der Waals surface area contributed by atoms with Crippen molar-refractivity contribution < 1.29 is 14.3 Å². The fourth-order valence-electron chi connectivity index (χ4n) is 4.34. The number of nitrogens with zero attached hydrogens (tertiary/aromatic N) is 3. The number of pyridine rings is 1. The number of methoxy groups -OCH3 is 2. The maximum absolute atomic E-state index is 13.9. The average Bonchev–Trinajstić information content (AvgIpc) is 3.72. The van der Waals surface area contributed by atoms with E-state index in [4.69, 9.17) is 14.5 Å². The first-order valence-electron chi connectivity index (χ1n) is 11.4. The van der Waals surface area contributed by atoms with Gasteiger partial charge in [0.2, 0.25) is 0 Å². The predicted molar refractivity (Wildman–Crippen MR) is 132 cm³/mol. The Bertz CT molecular complexity index is 1580. The van der Waals surface area contributed by atoms with Gasteiger partial charge >= 0.3 is 11.7 Å². The zero-order valence-electron chi connectivity index (χ0n) is 19.8. The van der Waals surface area contributed by atoms with Crippen LogP contribution in [0.15, 0.2) is 64.2 Å². The molecule has 0 spiro atoms. The number of fused-ring (bicyclic) bond motifs is 1. The fraction of sp³-hybridized carbons (Fsp3) is 0.259. The van der Waals surface area contributed by atoms with Gasteiger partial charge < -0.3 is 9.47 Å². The van der Waals surface area contributed by atoms with Crippen LogP contribution in [0.1, 0.15) is 45.9 Å². The Labute approximate surface area is 201 Å². The summed E-state index contributed by atoms with van der Waals surface area (Å²) in [5.41, 5.74) is 1.93. The summed E-state index contributed by atoms with van der Waals surface area (Å²) in [6, 6.07) is 16.2. The topological polar surface area (TPSA) is 92.4 Å². The molecule has 2 aromatic carbocycles. The minimum Gasteiger partial charge on any atom is -0.495 e. The van der Waals surface area contributed by atoms with E-state index in [0.717, 1.165) is 28.5 Å². The third-order valence-electron chi connectivity index (χ3n) is 6.43. The van der Waals surface area contributed by atoms with Gasteiger partial charge in [0.1, 0.15) is 5.75 Å². The molecule has 178 valence electrons. The molecule has 0 atom stereocenters. The summed E-state index contributed by atoms with van der Waals surface area (Å²) >= 11 is 0. The highest BCUT2D eigenvalue weighted by molar-refractivity contribution is 6.02. The molecule has 2 heterocycles. The summed E-state index contributed by atoms with van der Waals surface area (Å²) in [5, 5.41) is 0.0420. The maximum atomic E-state index is 13.9. The molecule has 0 aliphatic heterocycles. The van der Waals surface area contributed by atoms with Gasteiger partial charge in [0, 0.05) is 11.6 Å². The third kappa shape index (κ3) is 3.90. The van der Waals surface area contributed by atoms with Crippen molar-refractivity contribution in [1.29, 1.82) is 0 Å². The number of benzene rings is 2. The normalized spacial score (nSPS) is 13.1. The molecule has 1 aliphatic carbocycles. The lowest BCUT2D eigenvalue weighted by atomic mass is 10.1. The fourth-order valence-corrected chi connectivity index (χ4v) is 4.34. The molecule has 1 aliphatic rings. The van der Waals surface area contributed by atoms with Crippen LogP contribution in [0.2, 0.25) is 0 Å². The van der Waals surface area contributed by atoms with E-state index in [1.165, 1.54) is 18.8 Å². The standard InChI is InChI=1S/C27H25N3O5/c1-16-8-4-5-9-18(16)15-29-25(31)23-19(26(32)35-3)14-20(17-12-13-17)28-24(23)30(27(29)33)21-10-6-7-11-22(21)34-2/h4-11,14,17H,12-13,15H2,1-3H3. The smallest absolute Gasteiger partial charge is 0.338 e. The summed E-state index contributed by atoms with van der Waals surface area (Å²) in [6.07, 6.45) is 1.87. The first-order chi connectivity index (χ1) is 16.9. The third-order valence-corrected chi connectivity index (χ3v) is 6.43. The van der Waals surface area contributed by atoms with Crippen molar-refractivity contribution in [3.05, 3.63) is 97.8 Å². The number of hydrogen-bond acceptors (Lipinski definition) is 6. The summed E-state index contributed by atoms with van der Waals surface area (Å²) in [7, 11) is 2.78. The molecule has 8 nitrogen and oxygen atoms in total. The average molecular weight is 472 g/mol. The van der Waals surface area contributed by atoms with Gasteiger partial charge in [0.25, 0.3) is 5.56 Å². The number of rotatable bonds is 6. The summed E-state index contributed by atoms with van der Waals surface area (Å²) in [5.74, 6) is -0.0299. The van der Waals surface area contributed by atoms with Crippen LogP contribution in [0.25, 0.3) is 16.7 Å². The number of hydrogen-bond donors (Lipinski definition) is 0. The van der Waals surface area contributed by atoms with Gasteiger partial charge in [0.15, 0.2) is 5.65 Å². The van der Waals surface area contributed by atoms with Crippen molar-refractivity contribution in [2.75, 3.05) is 14.2 Å². The van der Waals surface area contributed by atoms with Crippen molar-refractivity contribution in [3.63, 3.8) is 0 Å². The van der Waals surface area contributed by atoms with Gasteiger partial charge in [-0.05, 0) is 49.1 Å². The number of para-hydroxylation sites is 2. The van der Waals surface area contributed by atoms with Crippen LogP contribution in [-0.4, -0.2) is 34.3 Å². The van der Waals surface area contributed by atoms with Crippen molar-refractivity contribution in [1.82, 2.24) is 14.1 Å². The maximum Gasteiger partial charge on any atom is 0.338 e. The largest absolute Gasteiger partial charge is 0.495 e. The van der Waals surface area contributed by atoms with Crippen LogP contribution < -0.4 is 16.0 Å². The van der Waals surface area contributed by atoms with Gasteiger partial charge in [-0.3, -0.25) is 9.36 Å². The van der Waals surface area contributed by atoms with Crippen molar-refractivity contribution in [3.8, 4) is 11.4 Å². The lowest BCUT2D eigenvalue weighted by molar-refractivity contribution is 0.0602. The Morgan fingerprint density at radius 1 is 1.06 bits per heavy atom. The van der Waals surface area contributed by atoms with E-state index in [1.807, 2.05) is 31.2 Å². The van der Waals surface area contributed by atoms with Crippen LogP contribution in [0.4, 0.5) is 0 Å². The molecule has 5 rings (SSSR count). The second-order valence-electron chi connectivity index (χ2n) is 8.67. The van der Waals surface area contributed by atoms with Crippen LogP contribution in [0.3, 0.4) is 0 Å². The molecule has 0 N–H and O–H groups in total. The monoisotopic (exact) mass is 471 g/mol. The van der Waals surface area contributed by atoms with Gasteiger partial charge in [0.05, 0.1) is 37.4 Å². The van der Waals surface area contributed by atoms with Crippen LogP contribution >= 0.6 is 0 Å². The number of carbonyl (C=O) groups is 1. The SMILES string of the molecule is COC(=O)c1cc(C2CC2)nc2c1c(=O)n(Cc1ccccc1C)c(=O)n2-c1ccccc1OC. The highest BCUT2D eigenvalue weighted by atomic mass is 16.5. The molecule has 4 aromatic rings. The zero-order valence-corrected chi connectivity index (χ0v) is 19.8. The van der Waals surface area contributed by atoms with Gasteiger partial charge in [-0.15, -0.1) is 0 Å². The van der Waals surface area contributed by atoms with Crippen molar-refractivity contribution in [2.24, 2.45) is 0 Å². The molecule has 0 saturated heterocycles. The van der Waals surface area contributed by atoms with E-state index >= 15 is 0 Å². The van der Waals surface area contributed by atoms with Gasteiger partial charge in [-0.25, -0.2) is 19.1 Å². The quantitative estimate of drug-likeness (QED) is 0.399. The minimum absolute atomic E-state index is 0.0420. The second kappa shape index (κ2) is 8.87. The molecule has 35 heavy (non-hydrogen) atoms. The van der Waals surface area contributed by atoms with Crippen LogP contribution in [0.5, 0.6) is 5.75 Å². The molecule has 0 unspecified atom stereocenters. The van der Waals surface area contributed by atoms with E-state index in [-0.39, 0.29) is 29.1 Å². The Hall–Kier alpha value is -4.20. The van der Waals surface area contributed by atoms with Crippen LogP contribution in [-0.2, 0) is 11.3 Å². The molecule has 8 heteroatoms. The highest BCUT2D eigenvalue weighted by Gasteiger charge is 2.30. The van der Waals surface area contributed by atoms with E-state index in [2.05, 4.69) is 0 Å². The number of aromatic nitrogens is 3. The predicted octanol–water partition coefficient (Wildman–Crippen LogP) is 3.58. The Morgan fingerprint density at radius 2 is 1.77 bits per heavy atom. The molecular weight excluding hydrogens is 446 g/mol. The highest BCUT2D eigenvalue weighted by Crippen LogP contribution is 2.40. The number of ether oxygens (including phenoxy) is 2. The van der Waals surface area contributed by atoms with E-state index in [0.29, 0.717) is 17.1 Å². The molecule has 0 bridgehead atoms. The molecule has 2 aromatic heterocycles. The van der Waals surface area contributed by atoms with Crippen molar-refractivity contribution >= 4 is 17.0 Å². The lowest BCUT2D eigenvalue weighted by Crippen LogP contribution is -2.41. The first kappa shape index (κ1) is 22.6. The number of esters is 1. The molecule has 1 saturated carbocycles. The van der Waals surface area contributed by atoms with Gasteiger partial charge in [-0.1, -0.05) is 36.4 Å². The Morgan fingerprint density at radius 3 is 2.46 bits per heavy atom. The van der Waals surface area contributed by atoms with Crippen molar-refractivity contribution in [2.45, 2.75) is 32.2 Å². The molecule has 1 fully saturated rings. The van der Waals surface area contributed by atoms with Gasteiger partial charge in [-0.2, -0.15) is 0 Å². The number of carbonyl (C=O) groups excluding carboxylic acids is 1. The summed E-state index contributed by atoms with van der Waals surface area (Å²) in [4.78, 5) is 45.3. The molecular formula is C27H25N3O5. The summed E-state index contributed by atoms with van der Waals surface area (Å²) in [6.45, 7) is 1.96. The first-order valence-corrected chi connectivity index (χ1v) is 11.4. The molecule has 0 amide bonds. The Kier molecular flexibility index (Phi) is 5.72. The van der Waals surface area contributed by atoms with Crippen LogP contribution in [0, 0.1) is 6.92 Å². The number of aryl methyl sites for hydroxylation is 1. The zero-order chi connectivity index (χ0) is 24.7. The Balaban J connectivity index is 1.93. The molecule has 0 radical (unpaired) electrons. The summed E-state index contributed by atoms with van der Waals surface area (Å²) < 4.78 is 13.1. The van der Waals surface area contributed by atoms with E-state index in [1.54, 1.807) is 30.3 Å².